The molecule has 0 N–H and O–H groups in total. The lowest BCUT2D eigenvalue weighted by molar-refractivity contribution is 0.0441. The Hall–Kier alpha value is -0.980. The van der Waals surface area contributed by atoms with Gasteiger partial charge >= 0.3 is 0 Å². The van der Waals surface area contributed by atoms with Crippen LogP contribution in [0.4, 0.5) is 0 Å². The third-order valence-corrected chi connectivity index (χ3v) is 9.25. The van der Waals surface area contributed by atoms with E-state index in [0.29, 0.717) is 10.8 Å². The second-order valence-electron chi connectivity index (χ2n) is 11.0. The molecule has 0 bridgehead atoms. The summed E-state index contributed by atoms with van der Waals surface area (Å²) in [6.07, 6.45) is 14.1. The summed E-state index contributed by atoms with van der Waals surface area (Å²) in [7, 11) is 2.39. The van der Waals surface area contributed by atoms with E-state index in [2.05, 4.69) is 45.4 Å². The summed E-state index contributed by atoms with van der Waals surface area (Å²) in [4.78, 5) is 2.68. The fraction of sp³-hybridized carbons (Fsp3) is 0.769. The van der Waals surface area contributed by atoms with Crippen LogP contribution < -0.4 is 0 Å². The van der Waals surface area contributed by atoms with E-state index in [-0.39, 0.29) is 0 Å². The Labute approximate surface area is 168 Å². The Kier molecular flexibility index (Phi) is 4.88. The quantitative estimate of drug-likeness (QED) is 0.383. The lowest BCUT2D eigenvalue weighted by Crippen LogP contribution is -2.52. The van der Waals surface area contributed by atoms with Gasteiger partial charge in [0.15, 0.2) is 0 Å². The zero-order chi connectivity index (χ0) is 19.4. The van der Waals surface area contributed by atoms with Crippen molar-refractivity contribution in [2.24, 2.45) is 34.5 Å². The van der Waals surface area contributed by atoms with Gasteiger partial charge in [0, 0.05) is 25.2 Å². The molecule has 150 valence electrons. The molecule has 6 unspecified atom stereocenters. The van der Waals surface area contributed by atoms with Crippen molar-refractivity contribution < 1.29 is 0 Å². The van der Waals surface area contributed by atoms with Crippen LogP contribution in [0.25, 0.3) is 0 Å². The van der Waals surface area contributed by atoms with Gasteiger partial charge in [0.2, 0.25) is 0 Å². The molecule has 1 nitrogen and oxygen atoms in total. The first-order valence-electron chi connectivity index (χ1n) is 11.6. The molecule has 0 aromatic rings. The zero-order valence-corrected chi connectivity index (χ0v) is 18.3. The van der Waals surface area contributed by atoms with Gasteiger partial charge in [0.1, 0.15) is 0 Å². The highest BCUT2D eigenvalue weighted by Crippen LogP contribution is 2.65. The summed E-state index contributed by atoms with van der Waals surface area (Å²) < 4.78 is 0. The molecule has 1 aliphatic heterocycles. The van der Waals surface area contributed by atoms with Crippen LogP contribution in [0.15, 0.2) is 36.1 Å². The van der Waals surface area contributed by atoms with E-state index < -0.39 is 0 Å². The average Bonchev–Trinajstić information content (AvgIpc) is 2.92. The Morgan fingerprint density at radius 3 is 2.74 bits per heavy atom. The highest BCUT2D eigenvalue weighted by molar-refractivity contribution is 5.47. The molecule has 6 atom stereocenters. The van der Waals surface area contributed by atoms with E-state index in [1.54, 1.807) is 11.3 Å². The van der Waals surface area contributed by atoms with Gasteiger partial charge in [-0.25, -0.2) is 0 Å². The minimum atomic E-state index is 0.383. The van der Waals surface area contributed by atoms with Crippen molar-refractivity contribution in [2.75, 3.05) is 13.6 Å². The van der Waals surface area contributed by atoms with Crippen molar-refractivity contribution in [3.05, 3.63) is 36.1 Å². The second kappa shape index (κ2) is 6.82. The molecule has 0 amide bonds. The standard InChI is InChI=1S/C26H41N/c1-7-8-9-10-20-11-12-22-24-23(19(3)16-26(20,22)5)25(4)14-13-18(2)15-21(25)17-27(24)6/h7,18,20-22H,1,3,8-17H2,2,4-6H3. The molecule has 27 heavy (non-hydrogen) atoms. The number of hydrogen-bond donors (Lipinski definition) is 0. The predicted molar refractivity (Wildman–Crippen MR) is 116 cm³/mol. The fourth-order valence-electron chi connectivity index (χ4n) is 7.72. The number of nitrogens with zero attached hydrogens (tertiary/aromatic N) is 1. The second-order valence-corrected chi connectivity index (χ2v) is 11.0. The predicted octanol–water partition coefficient (Wildman–Crippen LogP) is 6.98. The van der Waals surface area contributed by atoms with Gasteiger partial charge in [-0.3, -0.25) is 0 Å². The van der Waals surface area contributed by atoms with Gasteiger partial charge in [0.25, 0.3) is 0 Å². The first kappa shape index (κ1) is 19.3. The summed E-state index contributed by atoms with van der Waals surface area (Å²) in [5.74, 6) is 3.32. The molecule has 4 rings (SSSR count). The average molecular weight is 368 g/mol. The van der Waals surface area contributed by atoms with Crippen molar-refractivity contribution >= 4 is 0 Å². The van der Waals surface area contributed by atoms with E-state index >= 15 is 0 Å². The smallest absolute Gasteiger partial charge is 0.0208 e. The van der Waals surface area contributed by atoms with Crippen LogP contribution >= 0.6 is 0 Å². The maximum absolute atomic E-state index is 4.72. The van der Waals surface area contributed by atoms with Crippen molar-refractivity contribution in [1.29, 1.82) is 0 Å². The normalized spacial score (nSPS) is 44.0. The Bertz CT molecular complexity index is 657. The van der Waals surface area contributed by atoms with Gasteiger partial charge in [-0.1, -0.05) is 33.4 Å². The molecule has 0 aromatic carbocycles. The van der Waals surface area contributed by atoms with E-state index in [4.69, 9.17) is 6.58 Å². The third kappa shape index (κ3) is 2.87. The molecule has 4 aliphatic rings. The maximum Gasteiger partial charge on any atom is 0.0208 e. The lowest BCUT2D eigenvalue weighted by Gasteiger charge is -2.58. The number of unbranched alkanes of at least 4 members (excludes halogenated alkanes) is 1. The summed E-state index contributed by atoms with van der Waals surface area (Å²) in [6.45, 7) is 17.6. The van der Waals surface area contributed by atoms with Gasteiger partial charge in [-0.2, -0.15) is 0 Å². The molecule has 2 saturated carbocycles. The lowest BCUT2D eigenvalue weighted by atomic mass is 9.52. The van der Waals surface area contributed by atoms with Crippen LogP contribution in [-0.2, 0) is 0 Å². The summed E-state index contributed by atoms with van der Waals surface area (Å²) in [5, 5.41) is 0. The number of hydrogen-bond acceptors (Lipinski definition) is 1. The van der Waals surface area contributed by atoms with Crippen LogP contribution in [0.1, 0.15) is 78.6 Å². The summed E-state index contributed by atoms with van der Waals surface area (Å²) >= 11 is 0. The summed E-state index contributed by atoms with van der Waals surface area (Å²) in [6, 6.07) is 0. The topological polar surface area (TPSA) is 3.24 Å². The number of rotatable bonds is 4. The summed E-state index contributed by atoms with van der Waals surface area (Å²) in [5.41, 5.74) is 5.73. The minimum absolute atomic E-state index is 0.383. The van der Waals surface area contributed by atoms with Crippen LogP contribution in [0.2, 0.25) is 0 Å². The molecule has 1 heteroatoms. The Morgan fingerprint density at radius 2 is 2.00 bits per heavy atom. The van der Waals surface area contributed by atoms with Crippen LogP contribution in [0, 0.1) is 34.5 Å². The zero-order valence-electron chi connectivity index (χ0n) is 18.3. The van der Waals surface area contributed by atoms with E-state index in [1.165, 1.54) is 69.9 Å². The monoisotopic (exact) mass is 367 g/mol. The van der Waals surface area contributed by atoms with Gasteiger partial charge in [0.05, 0.1) is 0 Å². The third-order valence-electron chi connectivity index (χ3n) is 9.25. The van der Waals surface area contributed by atoms with E-state index in [1.807, 2.05) is 0 Å². The van der Waals surface area contributed by atoms with Crippen molar-refractivity contribution in [1.82, 2.24) is 4.90 Å². The Balaban J connectivity index is 1.70. The van der Waals surface area contributed by atoms with E-state index in [0.717, 1.165) is 23.7 Å². The maximum atomic E-state index is 4.72. The molecule has 0 aromatic heterocycles. The van der Waals surface area contributed by atoms with Crippen molar-refractivity contribution in [3.8, 4) is 0 Å². The fourth-order valence-corrected chi connectivity index (χ4v) is 7.72. The van der Waals surface area contributed by atoms with Gasteiger partial charge < -0.3 is 4.90 Å². The van der Waals surface area contributed by atoms with Gasteiger partial charge in [-0.15, -0.1) is 6.58 Å². The molecule has 2 fully saturated rings. The Morgan fingerprint density at radius 1 is 1.22 bits per heavy atom. The first-order chi connectivity index (χ1) is 12.8. The van der Waals surface area contributed by atoms with Crippen LogP contribution in [-0.4, -0.2) is 18.5 Å². The largest absolute Gasteiger partial charge is 0.377 e. The van der Waals surface area contributed by atoms with Crippen LogP contribution in [0.5, 0.6) is 0 Å². The highest BCUT2D eigenvalue weighted by atomic mass is 15.1. The van der Waals surface area contributed by atoms with E-state index in [9.17, 15) is 0 Å². The highest BCUT2D eigenvalue weighted by Gasteiger charge is 2.57. The van der Waals surface area contributed by atoms with Crippen molar-refractivity contribution in [2.45, 2.75) is 78.6 Å². The number of allylic oxidation sites excluding steroid dienone is 4. The van der Waals surface area contributed by atoms with Crippen molar-refractivity contribution in [3.63, 3.8) is 0 Å². The van der Waals surface area contributed by atoms with Crippen LogP contribution in [0.3, 0.4) is 0 Å². The minimum Gasteiger partial charge on any atom is -0.377 e. The molecule has 0 spiro atoms. The number of fused-ring (bicyclic) bond motifs is 4. The molecular formula is C26H41N. The molecule has 3 aliphatic carbocycles. The molecule has 0 saturated heterocycles. The first-order valence-corrected chi connectivity index (χ1v) is 11.6. The van der Waals surface area contributed by atoms with Gasteiger partial charge in [-0.05, 0) is 97.5 Å². The molecule has 0 radical (unpaired) electrons. The molecule has 1 heterocycles. The SMILES string of the molecule is C=CCCCC1CCC2C3=C(C(=C)CC12C)C1(C)CCC(C)CC1CN3C. The molecular weight excluding hydrogens is 326 g/mol.